The predicted octanol–water partition coefficient (Wildman–Crippen LogP) is 1.49. The van der Waals surface area contributed by atoms with Gasteiger partial charge in [0, 0.05) is 13.1 Å². The normalized spacial score (nSPS) is 14.8. The van der Waals surface area contributed by atoms with E-state index in [0.717, 1.165) is 47.1 Å². The van der Waals surface area contributed by atoms with Gasteiger partial charge in [0.2, 0.25) is 0 Å². The third-order valence-corrected chi connectivity index (χ3v) is 4.29. The molecule has 0 unspecified atom stereocenters. The van der Waals surface area contributed by atoms with Crippen LogP contribution in [-0.4, -0.2) is 26.3 Å². The number of nitrogens with two attached hydrogens (primary N) is 1. The molecule has 0 saturated carbocycles. The maximum absolute atomic E-state index is 6.25. The number of nitrogens with zero attached hydrogens (tertiary/aromatic N) is 5. The van der Waals surface area contributed by atoms with E-state index in [-0.39, 0.29) is 0 Å². The Hall–Kier alpha value is -2.15. The number of hydrogen-bond acceptors (Lipinski definition) is 6. The maximum Gasteiger partial charge on any atom is 0.152 e. The second-order valence-electron chi connectivity index (χ2n) is 4.56. The molecule has 3 heterocycles. The molecule has 0 saturated heterocycles. The van der Waals surface area contributed by atoms with Crippen LogP contribution in [0.15, 0.2) is 24.0 Å². The Kier molecular flexibility index (Phi) is 2.22. The molecule has 6 nitrogen and oxygen atoms in total. The highest BCUT2D eigenvalue weighted by atomic mass is 32.1. The summed E-state index contributed by atoms with van der Waals surface area (Å²) in [6, 6.07) is 4.15. The lowest BCUT2D eigenvalue weighted by atomic mass is 10.2. The molecule has 96 valence electrons. The van der Waals surface area contributed by atoms with Gasteiger partial charge in [0.15, 0.2) is 5.82 Å². The van der Waals surface area contributed by atoms with Gasteiger partial charge < -0.3 is 15.2 Å². The summed E-state index contributed by atoms with van der Waals surface area (Å²) in [5.41, 5.74) is 10.8. The van der Waals surface area contributed by atoms with E-state index in [9.17, 15) is 0 Å². The molecule has 2 aromatic heterocycles. The Morgan fingerprint density at radius 1 is 1.26 bits per heavy atom. The first-order valence-corrected chi connectivity index (χ1v) is 6.94. The number of fused-ring (bicyclic) bond motifs is 2. The van der Waals surface area contributed by atoms with E-state index in [4.69, 9.17) is 5.73 Å². The smallest absolute Gasteiger partial charge is 0.152 e. The molecule has 0 aliphatic carbocycles. The van der Waals surface area contributed by atoms with Crippen LogP contribution >= 0.6 is 11.3 Å². The van der Waals surface area contributed by atoms with Crippen molar-refractivity contribution in [1.82, 2.24) is 19.7 Å². The lowest BCUT2D eigenvalue weighted by molar-refractivity contribution is 0.560. The summed E-state index contributed by atoms with van der Waals surface area (Å²) in [5, 5.41) is 8.07. The van der Waals surface area contributed by atoms with Gasteiger partial charge in [-0.1, -0.05) is 0 Å². The molecule has 1 aliphatic rings. The van der Waals surface area contributed by atoms with Gasteiger partial charge in [0.05, 0.1) is 28.1 Å². The first-order valence-electron chi connectivity index (χ1n) is 6.06. The number of hydrogen-bond donors (Lipinski definition) is 1. The molecule has 19 heavy (non-hydrogen) atoms. The fourth-order valence-electron chi connectivity index (χ4n) is 2.49. The van der Waals surface area contributed by atoms with Gasteiger partial charge in [0.25, 0.3) is 0 Å². The molecule has 7 heteroatoms. The van der Waals surface area contributed by atoms with Crippen molar-refractivity contribution in [3.05, 3.63) is 29.8 Å². The Morgan fingerprint density at radius 3 is 3.16 bits per heavy atom. The summed E-state index contributed by atoms with van der Waals surface area (Å²) < 4.78 is 3.20. The SMILES string of the molecule is Nc1c(N2CCn3cnnc3C2)ccc2scnc12. The van der Waals surface area contributed by atoms with E-state index in [2.05, 4.69) is 36.8 Å². The van der Waals surface area contributed by atoms with Crippen LogP contribution < -0.4 is 10.6 Å². The van der Waals surface area contributed by atoms with E-state index in [1.807, 2.05) is 5.51 Å². The summed E-state index contributed by atoms with van der Waals surface area (Å²) in [7, 11) is 0. The molecule has 0 spiro atoms. The minimum Gasteiger partial charge on any atom is -0.395 e. The topological polar surface area (TPSA) is 72.9 Å². The number of benzene rings is 1. The number of anilines is 2. The van der Waals surface area contributed by atoms with Crippen LogP contribution in [0.1, 0.15) is 5.82 Å². The third kappa shape index (κ3) is 1.58. The summed E-state index contributed by atoms with van der Waals surface area (Å²) in [4.78, 5) is 6.58. The van der Waals surface area contributed by atoms with Crippen molar-refractivity contribution < 1.29 is 0 Å². The van der Waals surface area contributed by atoms with Gasteiger partial charge in [-0.3, -0.25) is 0 Å². The molecule has 1 aliphatic heterocycles. The first kappa shape index (κ1) is 10.7. The zero-order valence-corrected chi connectivity index (χ0v) is 11.0. The fourth-order valence-corrected chi connectivity index (χ4v) is 3.18. The number of rotatable bonds is 1. The molecule has 0 fully saturated rings. The molecule has 0 bridgehead atoms. The van der Waals surface area contributed by atoms with Crippen LogP contribution in [0.4, 0.5) is 11.4 Å². The maximum atomic E-state index is 6.25. The van der Waals surface area contributed by atoms with Crippen molar-refractivity contribution in [3.8, 4) is 0 Å². The van der Waals surface area contributed by atoms with E-state index in [1.54, 1.807) is 17.7 Å². The molecule has 4 rings (SSSR count). The largest absolute Gasteiger partial charge is 0.395 e. The second kappa shape index (κ2) is 3.92. The molecule has 3 aromatic rings. The highest BCUT2D eigenvalue weighted by molar-refractivity contribution is 7.16. The molecule has 0 atom stereocenters. The zero-order chi connectivity index (χ0) is 12.8. The van der Waals surface area contributed by atoms with Crippen LogP contribution in [0, 0.1) is 0 Å². The van der Waals surface area contributed by atoms with Crippen LogP contribution in [0.25, 0.3) is 10.2 Å². The predicted molar refractivity (Wildman–Crippen MR) is 75.1 cm³/mol. The van der Waals surface area contributed by atoms with E-state index < -0.39 is 0 Å². The average molecular weight is 272 g/mol. The molecular formula is C12H12N6S. The molecular weight excluding hydrogens is 260 g/mol. The van der Waals surface area contributed by atoms with E-state index in [1.165, 1.54) is 0 Å². The fraction of sp³-hybridized carbons (Fsp3) is 0.250. The van der Waals surface area contributed by atoms with Gasteiger partial charge in [-0.15, -0.1) is 21.5 Å². The first-order chi connectivity index (χ1) is 9.33. The lowest BCUT2D eigenvalue weighted by Crippen LogP contribution is -2.34. The van der Waals surface area contributed by atoms with E-state index in [0.29, 0.717) is 0 Å². The van der Waals surface area contributed by atoms with Gasteiger partial charge in [-0.05, 0) is 12.1 Å². The highest BCUT2D eigenvalue weighted by Gasteiger charge is 2.20. The Labute approximate surface area is 113 Å². The quantitative estimate of drug-likeness (QED) is 0.679. The molecule has 2 N–H and O–H groups in total. The Morgan fingerprint density at radius 2 is 2.21 bits per heavy atom. The van der Waals surface area contributed by atoms with Gasteiger partial charge in [0.1, 0.15) is 11.8 Å². The van der Waals surface area contributed by atoms with Crippen molar-refractivity contribution in [2.24, 2.45) is 0 Å². The van der Waals surface area contributed by atoms with Gasteiger partial charge >= 0.3 is 0 Å². The van der Waals surface area contributed by atoms with Crippen molar-refractivity contribution in [3.63, 3.8) is 0 Å². The minimum absolute atomic E-state index is 0.736. The summed E-state index contributed by atoms with van der Waals surface area (Å²) in [6.45, 7) is 2.53. The Bertz CT molecular complexity index is 746. The summed E-state index contributed by atoms with van der Waals surface area (Å²) >= 11 is 1.61. The molecule has 1 aromatic carbocycles. The standard InChI is InChI=1S/C12H12N6S/c13-11-8(1-2-9-12(11)14-7-19-9)17-3-4-18-6-15-16-10(18)5-17/h1-2,6-7H,3-5,13H2. The highest BCUT2D eigenvalue weighted by Crippen LogP contribution is 2.33. The van der Waals surface area contributed by atoms with Crippen LogP contribution in [0.2, 0.25) is 0 Å². The summed E-state index contributed by atoms with van der Waals surface area (Å²) in [6.07, 6.45) is 1.78. The Balaban J connectivity index is 1.77. The van der Waals surface area contributed by atoms with E-state index >= 15 is 0 Å². The summed E-state index contributed by atoms with van der Waals surface area (Å²) in [5.74, 6) is 0.976. The number of nitrogen functional groups attached to an aromatic ring is 1. The average Bonchev–Trinajstić information content (AvgIpc) is 3.07. The monoisotopic (exact) mass is 272 g/mol. The van der Waals surface area contributed by atoms with Crippen molar-refractivity contribution in [2.75, 3.05) is 17.2 Å². The van der Waals surface area contributed by atoms with Gasteiger partial charge in [-0.25, -0.2) is 4.98 Å². The van der Waals surface area contributed by atoms with Gasteiger partial charge in [-0.2, -0.15) is 0 Å². The van der Waals surface area contributed by atoms with Crippen molar-refractivity contribution in [1.29, 1.82) is 0 Å². The molecule has 0 amide bonds. The third-order valence-electron chi connectivity index (χ3n) is 3.50. The van der Waals surface area contributed by atoms with Crippen molar-refractivity contribution >= 4 is 32.9 Å². The lowest BCUT2D eigenvalue weighted by Gasteiger charge is -2.29. The molecule has 0 radical (unpaired) electrons. The number of aromatic nitrogens is 4. The van der Waals surface area contributed by atoms with Crippen LogP contribution in [0.5, 0.6) is 0 Å². The minimum atomic E-state index is 0.736. The van der Waals surface area contributed by atoms with Crippen LogP contribution in [-0.2, 0) is 13.1 Å². The zero-order valence-electron chi connectivity index (χ0n) is 10.2. The van der Waals surface area contributed by atoms with Crippen LogP contribution in [0.3, 0.4) is 0 Å². The second-order valence-corrected chi connectivity index (χ2v) is 5.45. The van der Waals surface area contributed by atoms with Crippen molar-refractivity contribution in [2.45, 2.75) is 13.1 Å². The number of thiazole rings is 1.